The number of Topliss-reactive ketones (excluding diaryl/α,β-unsaturated/α-hetero) is 1. The lowest BCUT2D eigenvalue weighted by atomic mass is 9.49. The van der Waals surface area contributed by atoms with Crippen LogP contribution < -0.4 is 0 Å². The van der Waals surface area contributed by atoms with Crippen molar-refractivity contribution >= 4 is 11.8 Å². The van der Waals surface area contributed by atoms with Gasteiger partial charge in [-0.3, -0.25) is 9.59 Å². The number of esters is 1. The van der Waals surface area contributed by atoms with E-state index < -0.39 is 0 Å². The first-order chi connectivity index (χ1) is 12.4. The molecule has 0 aromatic carbocycles. The number of aromatic nitrogens is 1. The Bertz CT molecular complexity index is 735. The van der Waals surface area contributed by atoms with Crippen molar-refractivity contribution in [2.24, 2.45) is 23.2 Å². The predicted molar refractivity (Wildman–Crippen MR) is 98.1 cm³/mol. The van der Waals surface area contributed by atoms with E-state index in [1.807, 2.05) is 13.0 Å². The smallest absolute Gasteiger partial charge is 0.312 e. The molecule has 0 saturated heterocycles. The molecule has 6 rings (SSSR count). The predicted octanol–water partition coefficient (Wildman–Crippen LogP) is 4.38. The number of rotatable bonds is 5. The Labute approximate surface area is 155 Å². The minimum atomic E-state index is -0.278. The first kappa shape index (κ1) is 16.6. The zero-order chi connectivity index (χ0) is 18.1. The first-order valence-electron chi connectivity index (χ1n) is 10.3. The number of carbonyl (C=O) groups is 2. The van der Waals surface area contributed by atoms with Crippen molar-refractivity contribution in [1.29, 1.82) is 0 Å². The van der Waals surface area contributed by atoms with Crippen LogP contribution in [0.25, 0.3) is 0 Å². The zero-order valence-electron chi connectivity index (χ0n) is 15.9. The van der Waals surface area contributed by atoms with Gasteiger partial charge in [-0.2, -0.15) is 0 Å². The molecule has 5 saturated carbocycles. The molecule has 0 aliphatic heterocycles. The fraction of sp³-hybridized carbons (Fsp3) is 0.727. The minimum Gasteiger partial charge on any atom is -0.457 e. The highest BCUT2D eigenvalue weighted by molar-refractivity contribution is 5.99. The third kappa shape index (κ3) is 2.56. The highest BCUT2D eigenvalue weighted by Crippen LogP contribution is 2.60. The van der Waals surface area contributed by atoms with E-state index in [0.717, 1.165) is 36.2 Å². The van der Waals surface area contributed by atoms with E-state index in [-0.39, 0.29) is 23.8 Å². The van der Waals surface area contributed by atoms with E-state index in [4.69, 9.17) is 4.74 Å². The van der Waals surface area contributed by atoms with E-state index >= 15 is 0 Å². The second-order valence-corrected chi connectivity index (χ2v) is 9.58. The topological polar surface area (TPSA) is 48.3 Å². The van der Waals surface area contributed by atoms with Gasteiger partial charge in [0, 0.05) is 23.0 Å². The third-order valence-electron chi connectivity index (χ3n) is 7.50. The van der Waals surface area contributed by atoms with Crippen LogP contribution in [0.5, 0.6) is 0 Å². The Kier molecular flexibility index (Phi) is 3.64. The maximum atomic E-state index is 12.9. The Morgan fingerprint density at radius 2 is 1.65 bits per heavy atom. The van der Waals surface area contributed by atoms with Gasteiger partial charge < -0.3 is 9.30 Å². The molecule has 1 aromatic rings. The molecule has 5 aliphatic carbocycles. The Morgan fingerprint density at radius 1 is 1.08 bits per heavy atom. The molecule has 0 N–H and O–H groups in total. The summed E-state index contributed by atoms with van der Waals surface area (Å²) in [5, 5.41) is 0. The summed E-state index contributed by atoms with van der Waals surface area (Å²) in [5.74, 6) is 1.98. The van der Waals surface area contributed by atoms with Gasteiger partial charge in [-0.15, -0.1) is 0 Å². The van der Waals surface area contributed by atoms with Crippen molar-refractivity contribution in [3.8, 4) is 0 Å². The Hall–Kier alpha value is -1.58. The third-order valence-corrected chi connectivity index (χ3v) is 7.50. The average Bonchev–Trinajstić information content (AvgIpc) is 3.36. The highest BCUT2D eigenvalue weighted by atomic mass is 16.5. The van der Waals surface area contributed by atoms with Crippen LogP contribution in [0.4, 0.5) is 0 Å². The molecular formula is C22H29NO3. The molecular weight excluding hydrogens is 326 g/mol. The van der Waals surface area contributed by atoms with Gasteiger partial charge in [-0.05, 0) is 89.0 Å². The molecule has 5 aliphatic rings. The average molecular weight is 355 g/mol. The van der Waals surface area contributed by atoms with Gasteiger partial charge >= 0.3 is 5.97 Å². The van der Waals surface area contributed by atoms with Gasteiger partial charge in [0.05, 0.1) is 5.41 Å². The molecule has 26 heavy (non-hydrogen) atoms. The summed E-state index contributed by atoms with van der Waals surface area (Å²) < 4.78 is 7.90. The standard InChI is InChI=1S/C22H29NO3/c1-13-5-19(14(2)23(13)18-3-4-18)20(24)12-26-21(25)22-9-15-6-16(10-22)8-17(7-15)11-22/h5,15-18H,3-4,6-12H2,1-2H3. The van der Waals surface area contributed by atoms with Crippen LogP contribution in [0.2, 0.25) is 0 Å². The fourth-order valence-corrected chi connectivity index (χ4v) is 6.68. The van der Waals surface area contributed by atoms with Crippen molar-refractivity contribution in [1.82, 2.24) is 4.57 Å². The molecule has 140 valence electrons. The molecule has 0 amide bonds. The van der Waals surface area contributed by atoms with Gasteiger partial charge in [-0.1, -0.05) is 0 Å². The van der Waals surface area contributed by atoms with Gasteiger partial charge in [-0.25, -0.2) is 0 Å². The first-order valence-corrected chi connectivity index (χ1v) is 10.3. The molecule has 4 heteroatoms. The largest absolute Gasteiger partial charge is 0.457 e. The van der Waals surface area contributed by atoms with Crippen LogP contribution in [-0.4, -0.2) is 22.9 Å². The van der Waals surface area contributed by atoms with Crippen molar-refractivity contribution < 1.29 is 14.3 Å². The highest BCUT2D eigenvalue weighted by Gasteiger charge is 2.55. The van der Waals surface area contributed by atoms with Crippen molar-refractivity contribution in [2.45, 2.75) is 71.3 Å². The molecule has 0 radical (unpaired) electrons. The summed E-state index contributed by atoms with van der Waals surface area (Å²) in [6.45, 7) is 3.97. The van der Waals surface area contributed by atoms with Gasteiger partial charge in [0.15, 0.2) is 6.61 Å². The number of carbonyl (C=O) groups excluding carboxylic acids is 2. The second-order valence-electron chi connectivity index (χ2n) is 9.58. The molecule has 1 aromatic heterocycles. The summed E-state index contributed by atoms with van der Waals surface area (Å²) in [5.41, 5.74) is 2.62. The number of hydrogen-bond donors (Lipinski definition) is 0. The monoisotopic (exact) mass is 355 g/mol. The van der Waals surface area contributed by atoms with Crippen molar-refractivity contribution in [2.75, 3.05) is 6.61 Å². The summed E-state index contributed by atoms with van der Waals surface area (Å²) >= 11 is 0. The lowest BCUT2D eigenvalue weighted by Crippen LogP contribution is -2.50. The molecule has 1 heterocycles. The van der Waals surface area contributed by atoms with Crippen LogP contribution in [0.15, 0.2) is 6.07 Å². The lowest BCUT2D eigenvalue weighted by molar-refractivity contribution is -0.170. The molecule has 4 nitrogen and oxygen atoms in total. The Morgan fingerprint density at radius 3 is 2.19 bits per heavy atom. The SMILES string of the molecule is Cc1cc(C(=O)COC(=O)C23CC4CC(CC(C4)C2)C3)c(C)n1C1CC1. The summed E-state index contributed by atoms with van der Waals surface area (Å²) in [6.07, 6.45) is 9.28. The van der Waals surface area contributed by atoms with E-state index in [1.165, 1.54) is 32.1 Å². The second kappa shape index (κ2) is 5.71. The number of aryl methyl sites for hydroxylation is 1. The molecule has 0 spiro atoms. The lowest BCUT2D eigenvalue weighted by Gasteiger charge is -2.55. The number of hydrogen-bond acceptors (Lipinski definition) is 3. The summed E-state index contributed by atoms with van der Waals surface area (Å²) in [7, 11) is 0. The van der Waals surface area contributed by atoms with Gasteiger partial charge in [0.2, 0.25) is 5.78 Å². The zero-order valence-corrected chi connectivity index (χ0v) is 15.9. The number of ether oxygens (including phenoxy) is 1. The van der Waals surface area contributed by atoms with E-state index in [2.05, 4.69) is 11.5 Å². The summed E-state index contributed by atoms with van der Waals surface area (Å²) in [4.78, 5) is 25.6. The van der Waals surface area contributed by atoms with Crippen LogP contribution >= 0.6 is 0 Å². The van der Waals surface area contributed by atoms with Crippen molar-refractivity contribution in [3.05, 3.63) is 23.0 Å². The van der Waals surface area contributed by atoms with Crippen LogP contribution in [0.1, 0.15) is 79.2 Å². The normalized spacial score (nSPS) is 34.9. The molecule has 4 bridgehead atoms. The molecule has 5 fully saturated rings. The quantitative estimate of drug-likeness (QED) is 0.582. The van der Waals surface area contributed by atoms with E-state index in [1.54, 1.807) is 0 Å². The summed E-state index contributed by atoms with van der Waals surface area (Å²) in [6, 6.07) is 2.53. The maximum absolute atomic E-state index is 12.9. The number of ketones is 1. The van der Waals surface area contributed by atoms with E-state index in [9.17, 15) is 9.59 Å². The Balaban J connectivity index is 1.27. The number of nitrogens with zero attached hydrogens (tertiary/aromatic N) is 1. The fourth-order valence-electron chi connectivity index (χ4n) is 6.68. The molecule has 0 unspecified atom stereocenters. The van der Waals surface area contributed by atoms with Crippen LogP contribution in [0.3, 0.4) is 0 Å². The van der Waals surface area contributed by atoms with E-state index in [0.29, 0.717) is 23.8 Å². The molecule has 0 atom stereocenters. The van der Waals surface area contributed by atoms with Crippen LogP contribution in [0, 0.1) is 37.0 Å². The van der Waals surface area contributed by atoms with Gasteiger partial charge in [0.25, 0.3) is 0 Å². The van der Waals surface area contributed by atoms with Gasteiger partial charge in [0.1, 0.15) is 0 Å². The van der Waals surface area contributed by atoms with Crippen LogP contribution in [-0.2, 0) is 9.53 Å². The maximum Gasteiger partial charge on any atom is 0.312 e. The minimum absolute atomic E-state index is 0.0527. The van der Waals surface area contributed by atoms with Crippen molar-refractivity contribution in [3.63, 3.8) is 0 Å².